The first kappa shape index (κ1) is 24.4. The molecule has 1 aliphatic carbocycles. The average molecular weight is 471 g/mol. The van der Waals surface area contributed by atoms with Crippen molar-refractivity contribution < 1.29 is 4.79 Å². The molecule has 0 saturated heterocycles. The fourth-order valence-corrected chi connectivity index (χ4v) is 4.69. The molecule has 0 bridgehead atoms. The van der Waals surface area contributed by atoms with E-state index in [2.05, 4.69) is 21.7 Å². The molecule has 7 nitrogen and oxygen atoms in total. The topological polar surface area (TPSA) is 83.0 Å². The Morgan fingerprint density at radius 2 is 1.69 bits per heavy atom. The molecule has 2 N–H and O–H groups in total. The Morgan fingerprint density at radius 1 is 0.971 bits per heavy atom. The molecule has 2 heterocycles. The quantitative estimate of drug-likeness (QED) is 0.399. The average Bonchev–Trinajstić information content (AvgIpc) is 2.87. The van der Waals surface area contributed by atoms with Gasteiger partial charge < -0.3 is 15.5 Å². The highest BCUT2D eigenvalue weighted by molar-refractivity contribution is 5.97. The van der Waals surface area contributed by atoms with E-state index in [1.54, 1.807) is 6.20 Å². The van der Waals surface area contributed by atoms with Gasteiger partial charge in [0.25, 0.3) is 5.91 Å². The van der Waals surface area contributed by atoms with Crippen molar-refractivity contribution in [3.63, 3.8) is 0 Å². The Hall–Kier alpha value is -3.74. The summed E-state index contributed by atoms with van der Waals surface area (Å²) in [6, 6.07) is 18.2. The zero-order chi connectivity index (χ0) is 23.5. The van der Waals surface area contributed by atoms with E-state index in [1.807, 2.05) is 67.5 Å². The summed E-state index contributed by atoms with van der Waals surface area (Å²) in [4.78, 5) is 28.6. The molecule has 2 aromatic carbocycles. The highest BCUT2D eigenvalue weighted by Crippen LogP contribution is 2.28. The minimum Gasteiger partial charge on any atom is -0.362 e. The smallest absolute Gasteiger partial charge is 0.252 e. The third-order valence-corrected chi connectivity index (χ3v) is 6.59. The molecule has 1 fully saturated rings. The van der Waals surface area contributed by atoms with E-state index < -0.39 is 0 Å². The van der Waals surface area contributed by atoms with E-state index >= 15 is 0 Å². The summed E-state index contributed by atoms with van der Waals surface area (Å²) in [5.74, 6) is 2.03. The fraction of sp³-hybridized carbons (Fsp3) is 0.357. The minimum absolute atomic E-state index is 0. The van der Waals surface area contributed by atoms with Gasteiger partial charge in [-0.05, 0) is 55.9 Å². The number of carbonyl (C=O) groups excluding carboxylic acids is 1. The molecule has 0 radical (unpaired) electrons. The number of fused-ring (bicyclic) bond motifs is 2. The predicted octanol–water partition coefficient (Wildman–Crippen LogP) is 5.28. The van der Waals surface area contributed by atoms with Crippen molar-refractivity contribution in [2.45, 2.75) is 39.2 Å². The normalized spacial score (nSPS) is 17.5. The number of rotatable bonds is 6. The SMILES string of the molecule is C.CN(C)c1nc(NC2CCC(CNC(=O)c3cnc4ccccc4c3)CC2)nc2ccccc12. The predicted molar refractivity (Wildman–Crippen MR) is 144 cm³/mol. The molecule has 0 spiro atoms. The number of aromatic nitrogens is 3. The molecule has 5 rings (SSSR count). The van der Waals surface area contributed by atoms with Crippen molar-refractivity contribution in [1.29, 1.82) is 0 Å². The largest absolute Gasteiger partial charge is 0.362 e. The van der Waals surface area contributed by atoms with E-state index in [1.165, 1.54) is 0 Å². The summed E-state index contributed by atoms with van der Waals surface area (Å²) in [7, 11) is 4.01. The van der Waals surface area contributed by atoms with E-state index in [-0.39, 0.29) is 13.3 Å². The van der Waals surface area contributed by atoms with Gasteiger partial charge in [-0.25, -0.2) is 4.98 Å². The Labute approximate surface area is 207 Å². The van der Waals surface area contributed by atoms with E-state index in [4.69, 9.17) is 9.97 Å². The summed E-state index contributed by atoms with van der Waals surface area (Å²) < 4.78 is 0. The number of benzene rings is 2. The van der Waals surface area contributed by atoms with Gasteiger partial charge in [0.2, 0.25) is 5.95 Å². The number of hydrogen-bond acceptors (Lipinski definition) is 6. The fourth-order valence-electron chi connectivity index (χ4n) is 4.69. The van der Waals surface area contributed by atoms with Gasteiger partial charge in [-0.3, -0.25) is 9.78 Å². The first-order chi connectivity index (χ1) is 16.6. The lowest BCUT2D eigenvalue weighted by Gasteiger charge is -2.29. The summed E-state index contributed by atoms with van der Waals surface area (Å²) >= 11 is 0. The maximum absolute atomic E-state index is 12.6. The summed E-state index contributed by atoms with van der Waals surface area (Å²) in [6.45, 7) is 0.690. The number of amides is 1. The maximum Gasteiger partial charge on any atom is 0.252 e. The van der Waals surface area contributed by atoms with E-state index in [0.717, 1.165) is 53.3 Å². The van der Waals surface area contributed by atoms with Gasteiger partial charge >= 0.3 is 0 Å². The van der Waals surface area contributed by atoms with Gasteiger partial charge in [-0.15, -0.1) is 0 Å². The van der Waals surface area contributed by atoms with Crippen molar-refractivity contribution in [3.05, 3.63) is 66.4 Å². The highest BCUT2D eigenvalue weighted by atomic mass is 16.1. The molecule has 0 unspecified atom stereocenters. The molecule has 4 aromatic rings. The van der Waals surface area contributed by atoms with Crippen LogP contribution >= 0.6 is 0 Å². The summed E-state index contributed by atoms with van der Waals surface area (Å²) in [5.41, 5.74) is 2.46. The van der Waals surface area contributed by atoms with Crippen LogP contribution in [0.15, 0.2) is 60.8 Å². The molecule has 1 saturated carbocycles. The van der Waals surface area contributed by atoms with Gasteiger partial charge in [0.1, 0.15) is 5.82 Å². The first-order valence-electron chi connectivity index (χ1n) is 11.9. The monoisotopic (exact) mass is 470 g/mol. The number of pyridine rings is 1. The molecular formula is C28H34N6O. The van der Waals surface area contributed by atoms with Crippen LogP contribution in [0.5, 0.6) is 0 Å². The van der Waals surface area contributed by atoms with Crippen LogP contribution < -0.4 is 15.5 Å². The van der Waals surface area contributed by atoms with Gasteiger partial charge in [0, 0.05) is 43.7 Å². The van der Waals surface area contributed by atoms with Crippen LogP contribution in [0.3, 0.4) is 0 Å². The zero-order valence-electron chi connectivity index (χ0n) is 19.7. The van der Waals surface area contributed by atoms with Crippen molar-refractivity contribution >= 4 is 39.5 Å². The molecule has 1 amide bonds. The van der Waals surface area contributed by atoms with Crippen LogP contribution in [0.1, 0.15) is 43.5 Å². The Balaban J connectivity index is 0.00000289. The lowest BCUT2D eigenvalue weighted by Crippen LogP contribution is -2.34. The van der Waals surface area contributed by atoms with Gasteiger partial charge in [0.15, 0.2) is 0 Å². The van der Waals surface area contributed by atoms with Crippen LogP contribution in [-0.4, -0.2) is 47.5 Å². The van der Waals surface area contributed by atoms with Gasteiger partial charge in [0.05, 0.1) is 16.6 Å². The van der Waals surface area contributed by atoms with Crippen molar-refractivity contribution in [1.82, 2.24) is 20.3 Å². The molecule has 1 aliphatic rings. The minimum atomic E-state index is -0.0562. The third kappa shape index (κ3) is 5.50. The Morgan fingerprint density at radius 3 is 2.46 bits per heavy atom. The molecular weight excluding hydrogens is 436 g/mol. The molecule has 0 aliphatic heterocycles. The number of anilines is 2. The van der Waals surface area contributed by atoms with Crippen LogP contribution in [0.4, 0.5) is 11.8 Å². The second-order valence-electron chi connectivity index (χ2n) is 9.27. The molecule has 2 aromatic heterocycles. The number of nitrogens with zero attached hydrogens (tertiary/aromatic N) is 4. The van der Waals surface area contributed by atoms with Gasteiger partial charge in [-0.1, -0.05) is 37.8 Å². The Bertz CT molecular complexity index is 1310. The lowest BCUT2D eigenvalue weighted by molar-refractivity contribution is 0.0943. The standard InChI is InChI=1S/C27H30N6O.CH4/c1-33(2)25-22-8-4-6-10-24(22)31-27(32-25)30-21-13-11-18(12-14-21)16-29-26(34)20-15-19-7-3-5-9-23(19)28-17-20;/h3-10,15,17-18,21H,11-14,16H2,1-2H3,(H,29,34)(H,30,31,32);1H4. The van der Waals surface area contributed by atoms with E-state index in [0.29, 0.717) is 30.0 Å². The lowest BCUT2D eigenvalue weighted by atomic mass is 9.86. The van der Waals surface area contributed by atoms with Crippen molar-refractivity contribution in [3.8, 4) is 0 Å². The summed E-state index contributed by atoms with van der Waals surface area (Å²) in [5, 5.41) is 8.70. The highest BCUT2D eigenvalue weighted by Gasteiger charge is 2.23. The molecule has 182 valence electrons. The summed E-state index contributed by atoms with van der Waals surface area (Å²) in [6.07, 6.45) is 5.84. The molecule has 35 heavy (non-hydrogen) atoms. The zero-order valence-corrected chi connectivity index (χ0v) is 19.7. The molecule has 7 heteroatoms. The maximum atomic E-state index is 12.6. The van der Waals surface area contributed by atoms with Crippen LogP contribution in [0.25, 0.3) is 21.8 Å². The van der Waals surface area contributed by atoms with Gasteiger partial charge in [-0.2, -0.15) is 4.98 Å². The number of carbonyl (C=O) groups is 1. The second-order valence-corrected chi connectivity index (χ2v) is 9.27. The van der Waals surface area contributed by atoms with Crippen molar-refractivity contribution in [2.24, 2.45) is 5.92 Å². The van der Waals surface area contributed by atoms with Crippen molar-refractivity contribution in [2.75, 3.05) is 30.9 Å². The Kier molecular flexibility index (Phi) is 7.44. The second kappa shape index (κ2) is 10.7. The molecule has 0 atom stereocenters. The van der Waals surface area contributed by atoms with Crippen LogP contribution in [-0.2, 0) is 0 Å². The van der Waals surface area contributed by atoms with Crippen LogP contribution in [0, 0.1) is 5.92 Å². The number of para-hydroxylation sites is 2. The third-order valence-electron chi connectivity index (χ3n) is 6.59. The first-order valence-corrected chi connectivity index (χ1v) is 11.9. The number of hydrogen-bond donors (Lipinski definition) is 2. The number of nitrogens with one attached hydrogen (secondary N) is 2. The van der Waals surface area contributed by atoms with Crippen LogP contribution in [0.2, 0.25) is 0 Å². The van der Waals surface area contributed by atoms with E-state index in [9.17, 15) is 4.79 Å².